The van der Waals surface area contributed by atoms with Crippen molar-refractivity contribution in [2.45, 2.75) is 6.61 Å². The van der Waals surface area contributed by atoms with Crippen LogP contribution in [0.3, 0.4) is 0 Å². The Bertz CT molecular complexity index is 1090. The maximum Gasteiger partial charge on any atom is 0.344 e. The van der Waals surface area contributed by atoms with Crippen LogP contribution in [0.4, 0.5) is 0 Å². The van der Waals surface area contributed by atoms with Crippen LogP contribution in [0.5, 0.6) is 11.5 Å². The van der Waals surface area contributed by atoms with Crippen molar-refractivity contribution in [3.8, 4) is 11.5 Å². The highest BCUT2D eigenvalue weighted by atomic mass is 16.5. The van der Waals surface area contributed by atoms with Crippen LogP contribution in [0.1, 0.15) is 5.56 Å². The van der Waals surface area contributed by atoms with Crippen molar-refractivity contribution in [2.24, 2.45) is 0 Å². The molecule has 0 atom stereocenters. The van der Waals surface area contributed by atoms with Crippen LogP contribution in [0.25, 0.3) is 21.7 Å². The first-order valence-corrected chi connectivity index (χ1v) is 7.96. The summed E-state index contributed by atoms with van der Waals surface area (Å²) in [5, 5.41) is 2.37. The van der Waals surface area contributed by atoms with Gasteiger partial charge in [0.2, 0.25) is 0 Å². The summed E-state index contributed by atoms with van der Waals surface area (Å²) in [5.41, 5.74) is 1.21. The second-order valence-corrected chi connectivity index (χ2v) is 5.73. The second kappa shape index (κ2) is 6.32. The van der Waals surface area contributed by atoms with Crippen LogP contribution in [-0.4, -0.2) is 7.11 Å². The van der Waals surface area contributed by atoms with Gasteiger partial charge in [0, 0.05) is 11.5 Å². The molecule has 0 fully saturated rings. The number of fused-ring (bicyclic) bond motifs is 3. The molecule has 0 spiro atoms. The number of benzene rings is 3. The van der Waals surface area contributed by atoms with E-state index in [-0.39, 0.29) is 5.63 Å². The summed E-state index contributed by atoms with van der Waals surface area (Å²) < 4.78 is 16.4. The minimum Gasteiger partial charge on any atom is -0.497 e. The predicted molar refractivity (Wildman–Crippen MR) is 97.3 cm³/mol. The molecule has 0 amide bonds. The van der Waals surface area contributed by atoms with E-state index in [1.807, 2.05) is 54.6 Å². The average Bonchev–Trinajstić information content (AvgIpc) is 2.67. The van der Waals surface area contributed by atoms with Gasteiger partial charge in [-0.15, -0.1) is 0 Å². The van der Waals surface area contributed by atoms with Gasteiger partial charge < -0.3 is 13.9 Å². The quantitative estimate of drug-likeness (QED) is 0.407. The number of ether oxygens (including phenoxy) is 2. The zero-order valence-corrected chi connectivity index (χ0v) is 13.7. The highest BCUT2D eigenvalue weighted by Gasteiger charge is 2.08. The lowest BCUT2D eigenvalue weighted by Gasteiger charge is -2.08. The monoisotopic (exact) mass is 332 g/mol. The van der Waals surface area contributed by atoms with Gasteiger partial charge in [-0.3, -0.25) is 0 Å². The first-order chi connectivity index (χ1) is 12.2. The van der Waals surface area contributed by atoms with E-state index < -0.39 is 0 Å². The van der Waals surface area contributed by atoms with E-state index in [0.29, 0.717) is 23.3 Å². The Kier molecular flexibility index (Phi) is 3.86. The highest BCUT2D eigenvalue weighted by molar-refractivity contribution is 6.04. The predicted octanol–water partition coefficient (Wildman–Crippen LogP) is 4.53. The Morgan fingerprint density at radius 1 is 0.840 bits per heavy atom. The standard InChI is InChI=1S/C21H16O4/c1-23-15-8-6-14(7-9-15)13-24-16-10-11-18-17-4-2-3-5-19(17)21(22)25-20(18)12-16/h2-12H,13H2,1H3. The van der Waals surface area contributed by atoms with Crippen molar-refractivity contribution in [2.75, 3.05) is 7.11 Å². The van der Waals surface area contributed by atoms with Gasteiger partial charge in [0.05, 0.1) is 12.5 Å². The van der Waals surface area contributed by atoms with Gasteiger partial charge in [-0.05, 0) is 41.3 Å². The van der Waals surface area contributed by atoms with Crippen LogP contribution < -0.4 is 15.1 Å². The Labute approximate surface area is 144 Å². The number of methoxy groups -OCH3 is 1. The SMILES string of the molecule is COc1ccc(COc2ccc3c(c2)oc(=O)c2ccccc23)cc1. The molecule has 0 aliphatic rings. The molecule has 4 rings (SSSR count). The van der Waals surface area contributed by atoms with Crippen LogP contribution >= 0.6 is 0 Å². The molecule has 25 heavy (non-hydrogen) atoms. The normalized spacial score (nSPS) is 10.9. The van der Waals surface area contributed by atoms with E-state index >= 15 is 0 Å². The lowest BCUT2D eigenvalue weighted by Crippen LogP contribution is -2.00. The molecule has 0 radical (unpaired) electrons. The van der Waals surface area contributed by atoms with Crippen molar-refractivity contribution in [1.29, 1.82) is 0 Å². The number of hydrogen-bond acceptors (Lipinski definition) is 4. The fourth-order valence-corrected chi connectivity index (χ4v) is 2.84. The van der Waals surface area contributed by atoms with E-state index in [9.17, 15) is 4.79 Å². The maximum absolute atomic E-state index is 12.1. The molecule has 3 aromatic carbocycles. The van der Waals surface area contributed by atoms with E-state index in [0.717, 1.165) is 22.1 Å². The molecule has 1 aromatic heterocycles. The summed E-state index contributed by atoms with van der Waals surface area (Å²) >= 11 is 0. The molecular formula is C21H16O4. The summed E-state index contributed by atoms with van der Waals surface area (Å²) in [7, 11) is 1.64. The molecule has 4 aromatic rings. The largest absolute Gasteiger partial charge is 0.497 e. The number of hydrogen-bond donors (Lipinski definition) is 0. The topological polar surface area (TPSA) is 48.7 Å². The van der Waals surface area contributed by atoms with Crippen molar-refractivity contribution < 1.29 is 13.9 Å². The first kappa shape index (κ1) is 15.3. The smallest absolute Gasteiger partial charge is 0.344 e. The van der Waals surface area contributed by atoms with Crippen molar-refractivity contribution in [3.05, 3.63) is 82.7 Å². The third kappa shape index (κ3) is 2.94. The minimum atomic E-state index is -0.338. The first-order valence-electron chi connectivity index (χ1n) is 7.96. The zero-order chi connectivity index (χ0) is 17.2. The molecule has 0 bridgehead atoms. The number of rotatable bonds is 4. The van der Waals surface area contributed by atoms with Gasteiger partial charge in [-0.1, -0.05) is 30.3 Å². The van der Waals surface area contributed by atoms with Crippen LogP contribution in [0.15, 0.2) is 75.9 Å². The van der Waals surface area contributed by atoms with Crippen molar-refractivity contribution in [3.63, 3.8) is 0 Å². The van der Waals surface area contributed by atoms with E-state index in [4.69, 9.17) is 13.9 Å². The molecular weight excluding hydrogens is 316 g/mol. The Morgan fingerprint density at radius 2 is 1.56 bits per heavy atom. The maximum atomic E-state index is 12.1. The minimum absolute atomic E-state index is 0.338. The molecule has 0 unspecified atom stereocenters. The van der Waals surface area contributed by atoms with E-state index in [1.54, 1.807) is 19.2 Å². The van der Waals surface area contributed by atoms with E-state index in [1.165, 1.54) is 0 Å². The van der Waals surface area contributed by atoms with Gasteiger partial charge in [0.25, 0.3) is 0 Å². The van der Waals surface area contributed by atoms with Crippen molar-refractivity contribution in [1.82, 2.24) is 0 Å². The van der Waals surface area contributed by atoms with E-state index in [2.05, 4.69) is 0 Å². The van der Waals surface area contributed by atoms with Gasteiger partial charge in [-0.2, -0.15) is 0 Å². The molecule has 0 aliphatic heterocycles. The molecule has 4 heteroatoms. The Hall–Kier alpha value is -3.27. The Morgan fingerprint density at radius 3 is 2.32 bits per heavy atom. The third-order valence-electron chi connectivity index (χ3n) is 4.16. The molecule has 4 nitrogen and oxygen atoms in total. The molecule has 0 saturated heterocycles. The van der Waals surface area contributed by atoms with Crippen LogP contribution in [0, 0.1) is 0 Å². The van der Waals surface area contributed by atoms with Crippen LogP contribution in [-0.2, 0) is 6.61 Å². The summed E-state index contributed by atoms with van der Waals surface area (Å²) in [6.07, 6.45) is 0. The van der Waals surface area contributed by atoms with Gasteiger partial charge >= 0.3 is 5.63 Å². The fraction of sp³-hybridized carbons (Fsp3) is 0.0952. The molecule has 1 heterocycles. The summed E-state index contributed by atoms with van der Waals surface area (Å²) in [6, 6.07) is 20.7. The summed E-state index contributed by atoms with van der Waals surface area (Å²) in [6.45, 7) is 0.424. The average molecular weight is 332 g/mol. The molecule has 0 saturated carbocycles. The summed E-state index contributed by atoms with van der Waals surface area (Å²) in [4.78, 5) is 12.1. The summed E-state index contributed by atoms with van der Waals surface area (Å²) in [5.74, 6) is 1.46. The molecule has 0 aliphatic carbocycles. The Balaban J connectivity index is 1.64. The van der Waals surface area contributed by atoms with Gasteiger partial charge in [-0.25, -0.2) is 4.79 Å². The molecule has 0 N–H and O–H groups in total. The lowest BCUT2D eigenvalue weighted by atomic mass is 10.1. The van der Waals surface area contributed by atoms with Gasteiger partial charge in [0.15, 0.2) is 0 Å². The van der Waals surface area contributed by atoms with Gasteiger partial charge in [0.1, 0.15) is 23.7 Å². The second-order valence-electron chi connectivity index (χ2n) is 5.73. The molecule has 124 valence electrons. The van der Waals surface area contributed by atoms with Crippen LogP contribution in [0.2, 0.25) is 0 Å². The fourth-order valence-electron chi connectivity index (χ4n) is 2.84. The van der Waals surface area contributed by atoms with Crippen molar-refractivity contribution >= 4 is 21.7 Å². The lowest BCUT2D eigenvalue weighted by molar-refractivity contribution is 0.306. The third-order valence-corrected chi connectivity index (χ3v) is 4.16. The highest BCUT2D eigenvalue weighted by Crippen LogP contribution is 2.26. The zero-order valence-electron chi connectivity index (χ0n) is 13.7.